The Morgan fingerprint density at radius 2 is 1.86 bits per heavy atom. The number of rotatable bonds is 4. The van der Waals surface area contributed by atoms with Gasteiger partial charge in [-0.15, -0.1) is 0 Å². The van der Waals surface area contributed by atoms with Gasteiger partial charge in [0.05, 0.1) is 17.3 Å². The van der Waals surface area contributed by atoms with Crippen molar-refractivity contribution in [2.45, 2.75) is 6.61 Å². The second-order valence-electron chi connectivity index (χ2n) is 7.02. The Kier molecular flexibility index (Phi) is 4.57. The molecule has 0 spiro atoms. The molecule has 0 N–H and O–H groups in total. The summed E-state index contributed by atoms with van der Waals surface area (Å²) >= 11 is 6.07. The lowest BCUT2D eigenvalue weighted by molar-refractivity contribution is 0.306. The van der Waals surface area contributed by atoms with Crippen LogP contribution in [0.25, 0.3) is 11.8 Å². The number of halogens is 2. The summed E-state index contributed by atoms with van der Waals surface area (Å²) in [6.45, 7) is 1.98. The van der Waals surface area contributed by atoms with Crippen molar-refractivity contribution in [1.29, 1.82) is 0 Å². The molecule has 0 bridgehead atoms. The first kappa shape index (κ1) is 18.0. The average molecular weight is 405 g/mol. The number of ether oxygens (including phenoxy) is 1. The molecule has 0 aromatic heterocycles. The molecule has 0 fully saturated rings. The van der Waals surface area contributed by atoms with Crippen LogP contribution in [0.3, 0.4) is 0 Å². The number of hydrogen-bond acceptors (Lipinski definition) is 3. The van der Waals surface area contributed by atoms with Gasteiger partial charge in [0.2, 0.25) is 0 Å². The van der Waals surface area contributed by atoms with Gasteiger partial charge < -0.3 is 9.64 Å². The van der Waals surface area contributed by atoms with Gasteiger partial charge in [-0.2, -0.15) is 0 Å². The van der Waals surface area contributed by atoms with Gasteiger partial charge in [-0.1, -0.05) is 41.9 Å². The summed E-state index contributed by atoms with van der Waals surface area (Å²) in [5.74, 6) is 1.43. The Morgan fingerprint density at radius 1 is 1.03 bits per heavy atom. The standard InChI is InChI=1S/C24H18ClFN2O/c25-22-14-19(26)8-5-18(22)15-29-20-9-6-16(7-10-20)23-13-17-3-1-2-4-21(17)24-27-11-12-28(23)24/h1-10,13-14H,11-12,15H2. The van der Waals surface area contributed by atoms with Gasteiger partial charge in [0.1, 0.15) is 24.0 Å². The number of benzene rings is 3. The number of amidine groups is 1. The molecule has 0 radical (unpaired) electrons. The highest BCUT2D eigenvalue weighted by molar-refractivity contribution is 6.31. The van der Waals surface area contributed by atoms with E-state index in [1.54, 1.807) is 6.07 Å². The topological polar surface area (TPSA) is 24.8 Å². The molecule has 2 heterocycles. The number of aliphatic imine (C=N–C) groups is 1. The Bertz CT molecular complexity index is 1140. The van der Waals surface area contributed by atoms with Crippen LogP contribution in [0.2, 0.25) is 5.02 Å². The molecular weight excluding hydrogens is 387 g/mol. The monoisotopic (exact) mass is 404 g/mol. The van der Waals surface area contributed by atoms with Crippen LogP contribution in [0.1, 0.15) is 22.3 Å². The van der Waals surface area contributed by atoms with E-state index in [4.69, 9.17) is 21.3 Å². The fourth-order valence-electron chi connectivity index (χ4n) is 3.72. The first-order valence-corrected chi connectivity index (χ1v) is 9.87. The van der Waals surface area contributed by atoms with Gasteiger partial charge in [-0.25, -0.2) is 4.39 Å². The predicted octanol–water partition coefficient (Wildman–Crippen LogP) is 5.63. The van der Waals surface area contributed by atoms with Crippen LogP contribution < -0.4 is 4.74 Å². The molecule has 0 aliphatic carbocycles. The highest BCUT2D eigenvalue weighted by Crippen LogP contribution is 2.33. The second kappa shape index (κ2) is 7.37. The van der Waals surface area contributed by atoms with Crippen molar-refractivity contribution >= 4 is 29.2 Å². The summed E-state index contributed by atoms with van der Waals surface area (Å²) in [6.07, 6.45) is 2.22. The maximum absolute atomic E-state index is 13.2. The maximum Gasteiger partial charge on any atom is 0.136 e. The van der Waals surface area contributed by atoms with Crippen molar-refractivity contribution in [3.8, 4) is 5.75 Å². The molecule has 0 atom stereocenters. The lowest BCUT2D eigenvalue weighted by atomic mass is 9.97. The largest absolute Gasteiger partial charge is 0.489 e. The molecule has 3 nitrogen and oxygen atoms in total. The zero-order chi connectivity index (χ0) is 19.8. The highest BCUT2D eigenvalue weighted by atomic mass is 35.5. The SMILES string of the molecule is Fc1ccc(COc2ccc(C3=Cc4ccccc4C4=NCCN34)cc2)c(Cl)c1. The Labute approximate surface area is 173 Å². The van der Waals surface area contributed by atoms with Crippen LogP contribution in [0.5, 0.6) is 5.75 Å². The normalized spacial score (nSPS) is 14.8. The number of hydrogen-bond donors (Lipinski definition) is 0. The molecule has 0 unspecified atom stereocenters. The molecule has 3 aromatic carbocycles. The maximum atomic E-state index is 13.2. The van der Waals surface area contributed by atoms with Crippen molar-refractivity contribution in [3.05, 3.63) is 99.8 Å². The van der Waals surface area contributed by atoms with Gasteiger partial charge in [0.25, 0.3) is 0 Å². The van der Waals surface area contributed by atoms with E-state index >= 15 is 0 Å². The summed E-state index contributed by atoms with van der Waals surface area (Å²) in [5.41, 5.74) is 5.38. The van der Waals surface area contributed by atoms with Crippen molar-refractivity contribution in [1.82, 2.24) is 4.90 Å². The van der Waals surface area contributed by atoms with Gasteiger partial charge in [0.15, 0.2) is 0 Å². The molecule has 0 amide bonds. The van der Waals surface area contributed by atoms with Gasteiger partial charge in [-0.05, 0) is 53.6 Å². The zero-order valence-corrected chi connectivity index (χ0v) is 16.4. The van der Waals surface area contributed by atoms with E-state index in [-0.39, 0.29) is 12.4 Å². The summed E-state index contributed by atoms with van der Waals surface area (Å²) in [4.78, 5) is 6.98. The van der Waals surface area contributed by atoms with E-state index in [0.29, 0.717) is 5.02 Å². The molecule has 3 aromatic rings. The smallest absolute Gasteiger partial charge is 0.136 e. The summed E-state index contributed by atoms with van der Waals surface area (Å²) in [6, 6.07) is 20.7. The van der Waals surface area contributed by atoms with Crippen LogP contribution in [-0.4, -0.2) is 23.8 Å². The molecule has 5 heteroatoms. The Morgan fingerprint density at radius 3 is 2.69 bits per heavy atom. The predicted molar refractivity (Wildman–Crippen MR) is 115 cm³/mol. The fourth-order valence-corrected chi connectivity index (χ4v) is 3.95. The molecule has 0 saturated carbocycles. The Balaban J connectivity index is 1.38. The number of fused-ring (bicyclic) bond motifs is 3. The van der Waals surface area contributed by atoms with Gasteiger partial charge in [0, 0.05) is 17.7 Å². The fraction of sp³-hybridized carbons (Fsp3) is 0.125. The van der Waals surface area contributed by atoms with Crippen molar-refractivity contribution in [2.75, 3.05) is 13.1 Å². The van der Waals surface area contributed by atoms with Crippen LogP contribution in [0.4, 0.5) is 4.39 Å². The molecule has 2 aliphatic rings. The van der Waals surface area contributed by atoms with Crippen LogP contribution in [0.15, 0.2) is 71.7 Å². The van der Waals surface area contributed by atoms with E-state index in [2.05, 4.69) is 47.4 Å². The average Bonchev–Trinajstić information content (AvgIpc) is 3.23. The molecule has 5 rings (SSSR count). The summed E-state index contributed by atoms with van der Waals surface area (Å²) < 4.78 is 19.0. The van der Waals surface area contributed by atoms with Gasteiger partial charge >= 0.3 is 0 Å². The van der Waals surface area contributed by atoms with E-state index in [0.717, 1.165) is 41.5 Å². The zero-order valence-electron chi connectivity index (χ0n) is 15.6. The van der Waals surface area contributed by atoms with E-state index < -0.39 is 0 Å². The minimum Gasteiger partial charge on any atom is -0.489 e. The van der Waals surface area contributed by atoms with Crippen molar-refractivity contribution in [2.24, 2.45) is 4.99 Å². The molecule has 2 aliphatic heterocycles. The molecule has 144 valence electrons. The minimum atomic E-state index is -0.352. The Hall–Kier alpha value is -3.11. The first-order chi connectivity index (χ1) is 14.2. The van der Waals surface area contributed by atoms with Crippen LogP contribution >= 0.6 is 11.6 Å². The van der Waals surface area contributed by atoms with E-state index in [1.807, 2.05) is 12.1 Å². The first-order valence-electron chi connectivity index (χ1n) is 9.49. The highest BCUT2D eigenvalue weighted by Gasteiger charge is 2.28. The lowest BCUT2D eigenvalue weighted by Gasteiger charge is -2.29. The van der Waals surface area contributed by atoms with Crippen LogP contribution in [0, 0.1) is 5.82 Å². The van der Waals surface area contributed by atoms with Crippen molar-refractivity contribution in [3.63, 3.8) is 0 Å². The lowest BCUT2D eigenvalue weighted by Crippen LogP contribution is -2.30. The second-order valence-corrected chi connectivity index (χ2v) is 7.43. The molecule has 29 heavy (non-hydrogen) atoms. The van der Waals surface area contributed by atoms with E-state index in [1.165, 1.54) is 23.3 Å². The molecule has 0 saturated heterocycles. The molecular formula is C24H18ClFN2O. The van der Waals surface area contributed by atoms with Crippen molar-refractivity contribution < 1.29 is 9.13 Å². The third-order valence-corrected chi connectivity index (χ3v) is 5.54. The third kappa shape index (κ3) is 3.40. The summed E-state index contributed by atoms with van der Waals surface area (Å²) in [5, 5.41) is 0.369. The summed E-state index contributed by atoms with van der Waals surface area (Å²) in [7, 11) is 0. The quantitative estimate of drug-likeness (QED) is 0.562. The van der Waals surface area contributed by atoms with Gasteiger partial charge in [-0.3, -0.25) is 4.99 Å². The number of nitrogens with zero attached hydrogens (tertiary/aromatic N) is 2. The minimum absolute atomic E-state index is 0.289. The van der Waals surface area contributed by atoms with Crippen LogP contribution in [-0.2, 0) is 6.61 Å². The third-order valence-electron chi connectivity index (χ3n) is 5.19. The van der Waals surface area contributed by atoms with E-state index in [9.17, 15) is 4.39 Å².